The third-order valence-electron chi connectivity index (χ3n) is 10.2. The van der Waals surface area contributed by atoms with E-state index in [4.69, 9.17) is 23.3 Å². The highest BCUT2D eigenvalue weighted by molar-refractivity contribution is 7.47. The van der Waals surface area contributed by atoms with Crippen LogP contribution in [0.5, 0.6) is 0 Å². The van der Waals surface area contributed by atoms with Crippen molar-refractivity contribution < 1.29 is 51.6 Å². The average molecular weight is 811 g/mol. The molecule has 0 bridgehead atoms. The van der Waals surface area contributed by atoms with Gasteiger partial charge in [-0.3, -0.25) is 23.4 Å². The topological polar surface area (TPSA) is 138 Å². The van der Waals surface area contributed by atoms with E-state index in [1.165, 1.54) is 77.0 Å². The van der Waals surface area contributed by atoms with Gasteiger partial charge in [-0.15, -0.1) is 0 Å². The van der Waals surface area contributed by atoms with Crippen LogP contribution in [-0.4, -0.2) is 92.9 Å². The van der Waals surface area contributed by atoms with Crippen molar-refractivity contribution in [2.75, 3.05) is 47.5 Å². The average Bonchev–Trinajstić information content (AvgIpc) is 3.80. The molecule has 1 saturated heterocycles. The minimum absolute atomic E-state index is 0.00280. The lowest BCUT2D eigenvalue weighted by Crippen LogP contribution is -2.37. The van der Waals surface area contributed by atoms with Crippen LogP contribution in [0.4, 0.5) is 0 Å². The molecule has 0 saturated carbocycles. The summed E-state index contributed by atoms with van der Waals surface area (Å²) in [4.78, 5) is 48.0. The van der Waals surface area contributed by atoms with Crippen LogP contribution >= 0.6 is 7.82 Å². The molecule has 2 aliphatic rings. The molecule has 2 rings (SSSR count). The van der Waals surface area contributed by atoms with Gasteiger partial charge in [0.2, 0.25) is 0 Å². The van der Waals surface area contributed by atoms with Gasteiger partial charge in [0.25, 0.3) is 0 Å². The first-order valence-electron chi connectivity index (χ1n) is 21.9. The molecule has 0 aromatic carbocycles. The van der Waals surface area contributed by atoms with Gasteiger partial charge in [0.1, 0.15) is 25.9 Å². The quantitative estimate of drug-likeness (QED) is 0.0125. The maximum Gasteiger partial charge on any atom is 0.472 e. The summed E-state index contributed by atoms with van der Waals surface area (Å²) in [5.74, 6) is -0.855. The van der Waals surface area contributed by atoms with Crippen LogP contribution < -0.4 is 0 Å². The number of phosphoric ester groups is 1. The molecule has 322 valence electrons. The predicted octanol–water partition coefficient (Wildman–Crippen LogP) is 9.91. The van der Waals surface area contributed by atoms with Crippen LogP contribution in [-0.2, 0) is 42.2 Å². The van der Waals surface area contributed by atoms with E-state index in [0.717, 1.165) is 37.7 Å². The monoisotopic (exact) mass is 811 g/mol. The van der Waals surface area contributed by atoms with Crippen LogP contribution in [0.2, 0.25) is 0 Å². The van der Waals surface area contributed by atoms with Crippen LogP contribution in [0.3, 0.4) is 0 Å². The van der Waals surface area contributed by atoms with Gasteiger partial charge >= 0.3 is 19.8 Å². The van der Waals surface area contributed by atoms with Crippen LogP contribution in [0.1, 0.15) is 155 Å². The Labute approximate surface area is 339 Å². The molecule has 1 aliphatic heterocycles. The van der Waals surface area contributed by atoms with E-state index in [9.17, 15) is 23.8 Å². The summed E-state index contributed by atoms with van der Waals surface area (Å²) in [5.41, 5.74) is 0.797. The summed E-state index contributed by atoms with van der Waals surface area (Å²) < 4.78 is 40.1. The summed E-state index contributed by atoms with van der Waals surface area (Å²) in [6.07, 6.45) is 31.3. The van der Waals surface area contributed by atoms with Gasteiger partial charge in [0.05, 0.1) is 33.9 Å². The standard InChI is InChI=1S/C44H76NO10P/c1-6-8-10-11-12-13-14-15-16-17-18-19-24-28-43(47)51-35-38(36-53-56(49,50)52-33-32-45(3,4)5)54-44(48)29-25-21-20-23-26-37-30-31-40(46)39(37)34-42-41(55-42)27-22-9-7-2/h20,23,30-31,34,37-38,41-42H,6-19,21-22,24-29,32-33,35-36H2,1-5H3/p+1/b23-20-,39-34-/t37?,38-,41?,42?/m1/s1. The smallest absolute Gasteiger partial charge is 0.462 e. The Balaban J connectivity index is 1.72. The second-order valence-corrected chi connectivity index (χ2v) is 18.0. The number of esters is 2. The molecule has 5 atom stereocenters. The third kappa shape index (κ3) is 25.3. The zero-order chi connectivity index (χ0) is 41.1. The number of hydrogen-bond donors (Lipinski definition) is 1. The van der Waals surface area contributed by atoms with Crippen LogP contribution in [0, 0.1) is 5.92 Å². The fourth-order valence-corrected chi connectivity index (χ4v) is 7.32. The highest BCUT2D eigenvalue weighted by Gasteiger charge is 2.38. The number of ketones is 1. The number of nitrogens with zero attached hydrogens (tertiary/aromatic N) is 1. The van der Waals surface area contributed by atoms with Crippen molar-refractivity contribution in [1.82, 2.24) is 0 Å². The van der Waals surface area contributed by atoms with Crippen molar-refractivity contribution in [2.24, 2.45) is 5.92 Å². The van der Waals surface area contributed by atoms with E-state index in [0.29, 0.717) is 30.3 Å². The lowest BCUT2D eigenvalue weighted by Gasteiger charge is -2.24. The van der Waals surface area contributed by atoms with Crippen molar-refractivity contribution >= 4 is 25.5 Å². The zero-order valence-corrected chi connectivity index (χ0v) is 36.5. The molecular weight excluding hydrogens is 733 g/mol. The highest BCUT2D eigenvalue weighted by Crippen LogP contribution is 2.43. The van der Waals surface area contributed by atoms with Crippen LogP contribution in [0.15, 0.2) is 36.0 Å². The summed E-state index contributed by atoms with van der Waals surface area (Å²) in [5, 5.41) is 0. The van der Waals surface area contributed by atoms with Crippen molar-refractivity contribution in [1.29, 1.82) is 0 Å². The molecule has 1 N–H and O–H groups in total. The molecule has 1 aliphatic carbocycles. The van der Waals surface area contributed by atoms with Gasteiger partial charge in [-0.05, 0) is 44.3 Å². The molecular formula is C44H77NO10P+. The van der Waals surface area contributed by atoms with Gasteiger partial charge in [0, 0.05) is 24.3 Å². The van der Waals surface area contributed by atoms with Crippen molar-refractivity contribution in [3.8, 4) is 0 Å². The molecule has 0 radical (unpaired) electrons. The number of unbranched alkanes of at least 4 members (excludes halogenated alkanes) is 15. The Morgan fingerprint density at radius 3 is 2.07 bits per heavy atom. The van der Waals surface area contributed by atoms with Crippen LogP contribution in [0.25, 0.3) is 0 Å². The van der Waals surface area contributed by atoms with E-state index in [2.05, 4.69) is 13.8 Å². The fourth-order valence-electron chi connectivity index (χ4n) is 6.58. The Morgan fingerprint density at radius 2 is 1.43 bits per heavy atom. The second-order valence-electron chi connectivity index (χ2n) is 16.6. The molecule has 1 heterocycles. The summed E-state index contributed by atoms with van der Waals surface area (Å²) >= 11 is 0. The van der Waals surface area contributed by atoms with Gasteiger partial charge in [-0.2, -0.15) is 0 Å². The molecule has 4 unspecified atom stereocenters. The molecule has 0 amide bonds. The largest absolute Gasteiger partial charge is 0.472 e. The highest BCUT2D eigenvalue weighted by atomic mass is 31.2. The molecule has 56 heavy (non-hydrogen) atoms. The van der Waals surface area contributed by atoms with Gasteiger partial charge in [-0.1, -0.05) is 128 Å². The Morgan fingerprint density at radius 1 is 0.821 bits per heavy atom. The van der Waals surface area contributed by atoms with E-state index >= 15 is 0 Å². The van der Waals surface area contributed by atoms with E-state index in [-0.39, 0.29) is 50.0 Å². The molecule has 0 spiro atoms. The first-order chi connectivity index (χ1) is 26.8. The Kier molecular flexibility index (Phi) is 26.0. The Bertz CT molecular complexity index is 1260. The number of likely N-dealkylation sites (N-methyl/N-ethyl adjacent to an activating group) is 1. The number of carbonyl (C=O) groups is 3. The van der Waals surface area contributed by atoms with Crippen molar-refractivity contribution in [3.63, 3.8) is 0 Å². The normalized spacial score (nSPS) is 20.5. The number of epoxide rings is 1. The summed E-state index contributed by atoms with van der Waals surface area (Å²) in [7, 11) is 1.38. The molecule has 12 heteroatoms. The first-order valence-corrected chi connectivity index (χ1v) is 23.3. The molecule has 11 nitrogen and oxygen atoms in total. The van der Waals surface area contributed by atoms with Gasteiger partial charge in [0.15, 0.2) is 11.9 Å². The maximum absolute atomic E-state index is 12.8. The lowest BCUT2D eigenvalue weighted by atomic mass is 9.96. The third-order valence-corrected chi connectivity index (χ3v) is 11.2. The number of phosphoric acid groups is 1. The molecule has 0 aromatic heterocycles. The van der Waals surface area contributed by atoms with E-state index in [1.807, 2.05) is 45.4 Å². The lowest BCUT2D eigenvalue weighted by molar-refractivity contribution is -0.870. The SMILES string of the molecule is CCCCCCCCCCCCCCCC(=O)OC[C@H](COP(=O)(O)OCC[N+](C)(C)C)OC(=O)CCC/C=C\CC1C=CC(=O)/C1=C\C1OC1CCCCC. The molecule has 1 fully saturated rings. The molecule has 0 aromatic rings. The van der Waals surface area contributed by atoms with Crippen molar-refractivity contribution in [3.05, 3.63) is 36.0 Å². The minimum Gasteiger partial charge on any atom is -0.462 e. The number of allylic oxidation sites excluding steroid dienone is 5. The summed E-state index contributed by atoms with van der Waals surface area (Å²) in [6.45, 7) is 4.18. The number of quaternary nitrogens is 1. The Hall–Kier alpha value is -2.14. The minimum atomic E-state index is -4.42. The second kappa shape index (κ2) is 29.1. The van der Waals surface area contributed by atoms with Gasteiger partial charge in [-0.25, -0.2) is 4.57 Å². The number of ether oxygens (including phenoxy) is 3. The fraction of sp³-hybridized carbons (Fsp3) is 0.795. The van der Waals surface area contributed by atoms with Crippen molar-refractivity contribution in [2.45, 2.75) is 173 Å². The predicted molar refractivity (Wildman–Crippen MR) is 222 cm³/mol. The van der Waals surface area contributed by atoms with E-state index < -0.39 is 32.5 Å². The maximum atomic E-state index is 12.8. The number of rotatable bonds is 35. The zero-order valence-electron chi connectivity index (χ0n) is 35.6. The van der Waals surface area contributed by atoms with Gasteiger partial charge < -0.3 is 23.6 Å². The van der Waals surface area contributed by atoms with E-state index in [1.54, 1.807) is 6.08 Å². The first kappa shape index (κ1) is 50.0. The summed E-state index contributed by atoms with van der Waals surface area (Å²) in [6, 6.07) is 0. The number of carbonyl (C=O) groups excluding carboxylic acids is 3. The number of hydrogen-bond acceptors (Lipinski definition) is 9.